The van der Waals surface area contributed by atoms with Gasteiger partial charge in [0.25, 0.3) is 5.56 Å². The summed E-state index contributed by atoms with van der Waals surface area (Å²) < 4.78 is 0. The van der Waals surface area contributed by atoms with Gasteiger partial charge < -0.3 is 4.98 Å². The van der Waals surface area contributed by atoms with Gasteiger partial charge in [-0.3, -0.25) is 4.79 Å². The maximum absolute atomic E-state index is 11.9. The van der Waals surface area contributed by atoms with E-state index in [-0.39, 0.29) is 12.0 Å². The largest absolute Gasteiger partial charge is 0.322 e. The first-order valence-corrected chi connectivity index (χ1v) is 6.99. The second-order valence-corrected chi connectivity index (χ2v) is 5.25. The fourth-order valence-electron chi connectivity index (χ4n) is 2.80. The van der Waals surface area contributed by atoms with Crippen molar-refractivity contribution in [3.05, 3.63) is 57.4 Å². The summed E-state index contributed by atoms with van der Waals surface area (Å²) in [6, 6.07) is 12.1. The topological polar surface area (TPSA) is 56.6 Å². The van der Waals surface area contributed by atoms with Gasteiger partial charge in [0.15, 0.2) is 0 Å². The molecule has 3 rings (SSSR count). The average molecular weight is 264 g/mol. The molecular weight excluding hydrogens is 248 g/mol. The van der Waals surface area contributed by atoms with E-state index in [1.807, 2.05) is 12.1 Å². The molecule has 2 aromatic rings. The molecule has 0 amide bonds. The highest BCUT2D eigenvalue weighted by Gasteiger charge is 2.10. The third-order valence-electron chi connectivity index (χ3n) is 3.92. The number of nitrogens with one attached hydrogen (secondary N) is 1. The van der Waals surface area contributed by atoms with Crippen molar-refractivity contribution in [3.63, 3.8) is 0 Å². The number of aromatic nitrogens is 1. The summed E-state index contributed by atoms with van der Waals surface area (Å²) in [6.45, 7) is 0. The van der Waals surface area contributed by atoms with Crippen LogP contribution < -0.4 is 5.56 Å². The van der Waals surface area contributed by atoms with E-state index in [2.05, 4.69) is 23.2 Å². The highest BCUT2D eigenvalue weighted by molar-refractivity contribution is 5.61. The molecule has 100 valence electrons. The molecule has 3 heteroatoms. The molecule has 1 heterocycles. The number of aryl methyl sites for hydroxylation is 2. The summed E-state index contributed by atoms with van der Waals surface area (Å²) in [7, 11) is 0. The van der Waals surface area contributed by atoms with Crippen LogP contribution in [0.2, 0.25) is 0 Å². The minimum atomic E-state index is -0.165. The molecule has 3 nitrogen and oxygen atoms in total. The summed E-state index contributed by atoms with van der Waals surface area (Å²) in [5.74, 6) is 0. The van der Waals surface area contributed by atoms with E-state index >= 15 is 0 Å². The lowest BCUT2D eigenvalue weighted by Crippen LogP contribution is -2.12. The van der Waals surface area contributed by atoms with Gasteiger partial charge in [-0.15, -0.1) is 0 Å². The van der Waals surface area contributed by atoms with Gasteiger partial charge in [-0.05, 0) is 54.5 Å². The van der Waals surface area contributed by atoms with Crippen LogP contribution in [-0.4, -0.2) is 4.98 Å². The number of benzene rings is 1. The molecule has 1 aromatic heterocycles. The number of fused-ring (bicyclic) bond motifs is 1. The fourth-order valence-corrected chi connectivity index (χ4v) is 2.80. The Morgan fingerprint density at radius 2 is 1.90 bits per heavy atom. The molecule has 1 aromatic carbocycles. The number of rotatable bonds is 2. The van der Waals surface area contributed by atoms with Crippen molar-refractivity contribution >= 4 is 0 Å². The highest BCUT2D eigenvalue weighted by Crippen LogP contribution is 2.26. The Bertz CT molecular complexity index is 737. The molecule has 0 bridgehead atoms. The van der Waals surface area contributed by atoms with E-state index in [0.29, 0.717) is 5.56 Å². The van der Waals surface area contributed by atoms with Crippen LogP contribution >= 0.6 is 0 Å². The Hall–Kier alpha value is -2.34. The highest BCUT2D eigenvalue weighted by atomic mass is 16.1. The lowest BCUT2D eigenvalue weighted by molar-refractivity contribution is 0.686. The predicted molar refractivity (Wildman–Crippen MR) is 78.5 cm³/mol. The normalized spacial score (nSPS) is 13.6. The summed E-state index contributed by atoms with van der Waals surface area (Å²) in [6.07, 6.45) is 4.95. The first kappa shape index (κ1) is 12.7. The second kappa shape index (κ2) is 5.34. The molecule has 20 heavy (non-hydrogen) atoms. The summed E-state index contributed by atoms with van der Waals surface area (Å²) in [4.78, 5) is 14.8. The number of aromatic amines is 1. The Morgan fingerprint density at radius 3 is 2.65 bits per heavy atom. The van der Waals surface area contributed by atoms with Crippen LogP contribution in [0.25, 0.3) is 11.3 Å². The van der Waals surface area contributed by atoms with E-state index in [4.69, 9.17) is 5.26 Å². The van der Waals surface area contributed by atoms with Crippen molar-refractivity contribution in [2.45, 2.75) is 32.1 Å². The number of hydrogen-bond acceptors (Lipinski definition) is 2. The number of H-pyrrole nitrogens is 1. The molecule has 1 aliphatic carbocycles. The SMILES string of the molecule is N#CCc1ccc(-c2ccc3c(c2)CCCC3)[nH]c1=O. The average Bonchev–Trinajstić information content (AvgIpc) is 2.49. The molecule has 0 atom stereocenters. The summed E-state index contributed by atoms with van der Waals surface area (Å²) in [5.41, 5.74) is 5.06. The van der Waals surface area contributed by atoms with Crippen molar-refractivity contribution in [2.24, 2.45) is 0 Å². The van der Waals surface area contributed by atoms with Crippen molar-refractivity contribution < 1.29 is 0 Å². The molecule has 0 spiro atoms. The van der Waals surface area contributed by atoms with E-state index in [0.717, 1.165) is 24.1 Å². The van der Waals surface area contributed by atoms with Crippen LogP contribution in [-0.2, 0) is 19.3 Å². The molecule has 0 saturated carbocycles. The molecular formula is C17H16N2O. The minimum absolute atomic E-state index is 0.153. The quantitative estimate of drug-likeness (QED) is 0.906. The van der Waals surface area contributed by atoms with Gasteiger partial charge in [-0.25, -0.2) is 0 Å². The number of nitrogens with zero attached hydrogens (tertiary/aromatic N) is 1. The molecule has 0 unspecified atom stereocenters. The van der Waals surface area contributed by atoms with Crippen LogP contribution in [0.3, 0.4) is 0 Å². The van der Waals surface area contributed by atoms with Crippen molar-refractivity contribution in [2.75, 3.05) is 0 Å². The van der Waals surface area contributed by atoms with Crippen molar-refractivity contribution in [1.82, 2.24) is 4.98 Å². The summed E-state index contributed by atoms with van der Waals surface area (Å²) in [5, 5.41) is 8.66. The zero-order valence-electron chi connectivity index (χ0n) is 11.3. The van der Waals surface area contributed by atoms with Crippen LogP contribution in [0.15, 0.2) is 35.1 Å². The standard InChI is InChI=1S/C17H16N2O/c18-10-9-13-7-8-16(19-17(13)20)15-6-5-12-3-1-2-4-14(12)11-15/h5-8,11H,1-4,9H2,(H,19,20). The second-order valence-electron chi connectivity index (χ2n) is 5.25. The van der Waals surface area contributed by atoms with Crippen LogP contribution in [0.5, 0.6) is 0 Å². The molecule has 1 N–H and O–H groups in total. The lowest BCUT2D eigenvalue weighted by Gasteiger charge is -2.16. The van der Waals surface area contributed by atoms with E-state index in [9.17, 15) is 4.79 Å². The van der Waals surface area contributed by atoms with Crippen molar-refractivity contribution in [3.8, 4) is 17.3 Å². The van der Waals surface area contributed by atoms with Gasteiger partial charge in [-0.1, -0.05) is 18.2 Å². The van der Waals surface area contributed by atoms with E-state index in [1.54, 1.807) is 6.07 Å². The molecule has 0 saturated heterocycles. The van der Waals surface area contributed by atoms with E-state index in [1.165, 1.54) is 24.0 Å². The zero-order chi connectivity index (χ0) is 13.9. The minimum Gasteiger partial charge on any atom is -0.322 e. The third-order valence-corrected chi connectivity index (χ3v) is 3.92. The molecule has 0 radical (unpaired) electrons. The summed E-state index contributed by atoms with van der Waals surface area (Å²) >= 11 is 0. The monoisotopic (exact) mass is 264 g/mol. The van der Waals surface area contributed by atoms with Gasteiger partial charge in [-0.2, -0.15) is 5.26 Å². The predicted octanol–water partition coefficient (Wildman–Crippen LogP) is 2.99. The molecule has 0 aliphatic heterocycles. The Morgan fingerprint density at radius 1 is 1.10 bits per heavy atom. The Labute approximate surface area is 117 Å². The van der Waals surface area contributed by atoms with Crippen LogP contribution in [0.4, 0.5) is 0 Å². The first-order chi connectivity index (χ1) is 9.78. The maximum atomic E-state index is 11.9. The number of nitriles is 1. The fraction of sp³-hybridized carbons (Fsp3) is 0.294. The van der Waals surface area contributed by atoms with Gasteiger partial charge in [0.1, 0.15) is 0 Å². The Kier molecular flexibility index (Phi) is 3.39. The smallest absolute Gasteiger partial charge is 0.252 e. The maximum Gasteiger partial charge on any atom is 0.252 e. The van der Waals surface area contributed by atoms with Gasteiger partial charge in [0, 0.05) is 11.3 Å². The van der Waals surface area contributed by atoms with Gasteiger partial charge in [0.05, 0.1) is 12.5 Å². The Balaban J connectivity index is 1.99. The van der Waals surface area contributed by atoms with Gasteiger partial charge >= 0.3 is 0 Å². The zero-order valence-corrected chi connectivity index (χ0v) is 11.3. The van der Waals surface area contributed by atoms with E-state index < -0.39 is 0 Å². The van der Waals surface area contributed by atoms with Gasteiger partial charge in [0.2, 0.25) is 0 Å². The first-order valence-electron chi connectivity index (χ1n) is 6.99. The van der Waals surface area contributed by atoms with Crippen molar-refractivity contribution in [1.29, 1.82) is 5.26 Å². The molecule has 0 fully saturated rings. The van der Waals surface area contributed by atoms with Crippen LogP contribution in [0, 0.1) is 11.3 Å². The third kappa shape index (κ3) is 2.37. The molecule has 1 aliphatic rings. The van der Waals surface area contributed by atoms with Crippen LogP contribution in [0.1, 0.15) is 29.5 Å². The lowest BCUT2D eigenvalue weighted by atomic mass is 9.90. The number of hydrogen-bond donors (Lipinski definition) is 1. The number of pyridine rings is 1.